The maximum atomic E-state index is 9.66. The molecule has 1 aromatic heterocycles. The molecule has 2 aromatic rings. The average molecular weight is 202 g/mol. The van der Waals surface area contributed by atoms with Gasteiger partial charge in [-0.25, -0.2) is 4.98 Å². The van der Waals surface area contributed by atoms with E-state index in [1.54, 1.807) is 13.1 Å². The van der Waals surface area contributed by atoms with Crippen LogP contribution in [0.4, 0.5) is 0 Å². The van der Waals surface area contributed by atoms with Crippen LogP contribution in [0.1, 0.15) is 24.4 Å². The summed E-state index contributed by atoms with van der Waals surface area (Å²) in [7, 11) is 0. The Morgan fingerprint density at radius 1 is 1.33 bits per heavy atom. The van der Waals surface area contributed by atoms with E-state index in [1.165, 1.54) is 0 Å². The first kappa shape index (κ1) is 9.93. The highest BCUT2D eigenvalue weighted by Gasteiger charge is 2.09. The van der Waals surface area contributed by atoms with Crippen LogP contribution in [0.5, 0.6) is 0 Å². The van der Waals surface area contributed by atoms with E-state index in [-0.39, 0.29) is 0 Å². The molecular weight excluding hydrogens is 188 g/mol. The SMILES string of the molecule is Cc1nccn1-c1ccccc1[C@H](C)O. The molecule has 0 aliphatic rings. The molecule has 0 saturated heterocycles. The average Bonchev–Trinajstić information content (AvgIpc) is 2.64. The number of benzene rings is 1. The van der Waals surface area contributed by atoms with E-state index in [4.69, 9.17) is 0 Å². The van der Waals surface area contributed by atoms with Gasteiger partial charge in [0.1, 0.15) is 5.82 Å². The molecule has 1 atom stereocenters. The first-order valence-electron chi connectivity index (χ1n) is 4.97. The fourth-order valence-electron chi connectivity index (χ4n) is 1.69. The first-order valence-corrected chi connectivity index (χ1v) is 4.97. The number of rotatable bonds is 2. The monoisotopic (exact) mass is 202 g/mol. The van der Waals surface area contributed by atoms with Crippen LogP contribution in [0.15, 0.2) is 36.7 Å². The molecule has 1 aromatic carbocycles. The van der Waals surface area contributed by atoms with Crippen molar-refractivity contribution in [1.29, 1.82) is 0 Å². The zero-order valence-electron chi connectivity index (χ0n) is 8.88. The third-order valence-corrected chi connectivity index (χ3v) is 2.47. The van der Waals surface area contributed by atoms with E-state index in [0.717, 1.165) is 17.1 Å². The van der Waals surface area contributed by atoms with Crippen molar-refractivity contribution in [2.45, 2.75) is 20.0 Å². The molecule has 0 aliphatic carbocycles. The summed E-state index contributed by atoms with van der Waals surface area (Å²) in [5, 5.41) is 9.66. The van der Waals surface area contributed by atoms with Gasteiger partial charge in [-0.3, -0.25) is 0 Å². The Balaban J connectivity index is 2.58. The summed E-state index contributed by atoms with van der Waals surface area (Å²) < 4.78 is 1.97. The lowest BCUT2D eigenvalue weighted by atomic mass is 10.1. The van der Waals surface area contributed by atoms with Crippen molar-refractivity contribution in [1.82, 2.24) is 9.55 Å². The molecule has 0 radical (unpaired) electrons. The van der Waals surface area contributed by atoms with Crippen LogP contribution in [0.2, 0.25) is 0 Å². The number of aliphatic hydroxyl groups is 1. The van der Waals surface area contributed by atoms with Crippen molar-refractivity contribution in [2.75, 3.05) is 0 Å². The van der Waals surface area contributed by atoms with Crippen molar-refractivity contribution in [3.8, 4) is 5.69 Å². The molecule has 0 amide bonds. The summed E-state index contributed by atoms with van der Waals surface area (Å²) in [5.74, 6) is 0.920. The van der Waals surface area contributed by atoms with Gasteiger partial charge in [-0.1, -0.05) is 18.2 Å². The van der Waals surface area contributed by atoms with E-state index in [9.17, 15) is 5.11 Å². The van der Waals surface area contributed by atoms with E-state index in [1.807, 2.05) is 42.0 Å². The third kappa shape index (κ3) is 1.78. The van der Waals surface area contributed by atoms with Gasteiger partial charge in [0, 0.05) is 18.0 Å². The van der Waals surface area contributed by atoms with Crippen LogP contribution in [0.3, 0.4) is 0 Å². The van der Waals surface area contributed by atoms with E-state index in [0.29, 0.717) is 0 Å². The van der Waals surface area contributed by atoms with Gasteiger partial charge in [0.05, 0.1) is 11.8 Å². The summed E-state index contributed by atoms with van der Waals surface area (Å²) in [6, 6.07) is 7.80. The molecule has 3 nitrogen and oxygen atoms in total. The fraction of sp³-hybridized carbons (Fsp3) is 0.250. The minimum absolute atomic E-state index is 0.469. The Morgan fingerprint density at radius 3 is 2.67 bits per heavy atom. The number of hydrogen-bond acceptors (Lipinski definition) is 2. The first-order chi connectivity index (χ1) is 7.20. The van der Waals surface area contributed by atoms with Crippen molar-refractivity contribution in [3.63, 3.8) is 0 Å². The molecule has 15 heavy (non-hydrogen) atoms. The van der Waals surface area contributed by atoms with E-state index < -0.39 is 6.10 Å². The molecule has 78 valence electrons. The predicted octanol–water partition coefficient (Wildman–Crippen LogP) is 2.23. The normalized spacial score (nSPS) is 12.7. The van der Waals surface area contributed by atoms with Crippen LogP contribution in [-0.4, -0.2) is 14.7 Å². The molecular formula is C12H14N2O. The molecule has 1 heterocycles. The number of aliphatic hydroxyl groups excluding tert-OH is 1. The second-order valence-corrected chi connectivity index (χ2v) is 3.58. The van der Waals surface area contributed by atoms with E-state index in [2.05, 4.69) is 4.98 Å². The number of aryl methyl sites for hydroxylation is 1. The van der Waals surface area contributed by atoms with Crippen molar-refractivity contribution in [3.05, 3.63) is 48.0 Å². The van der Waals surface area contributed by atoms with Gasteiger partial charge >= 0.3 is 0 Å². The second-order valence-electron chi connectivity index (χ2n) is 3.58. The van der Waals surface area contributed by atoms with Gasteiger partial charge in [0.2, 0.25) is 0 Å². The minimum Gasteiger partial charge on any atom is -0.389 e. The summed E-state index contributed by atoms with van der Waals surface area (Å²) in [5.41, 5.74) is 1.90. The molecule has 1 N–H and O–H groups in total. The number of para-hydroxylation sites is 1. The highest BCUT2D eigenvalue weighted by atomic mass is 16.3. The van der Waals surface area contributed by atoms with Gasteiger partial charge in [-0.15, -0.1) is 0 Å². The highest BCUT2D eigenvalue weighted by molar-refractivity contribution is 5.43. The van der Waals surface area contributed by atoms with Crippen LogP contribution >= 0.6 is 0 Å². The quantitative estimate of drug-likeness (QED) is 0.811. The Bertz CT molecular complexity index is 460. The van der Waals surface area contributed by atoms with Crippen LogP contribution < -0.4 is 0 Å². The van der Waals surface area contributed by atoms with Crippen molar-refractivity contribution in [2.24, 2.45) is 0 Å². The minimum atomic E-state index is -0.469. The number of aromatic nitrogens is 2. The molecule has 0 fully saturated rings. The molecule has 0 saturated carbocycles. The second kappa shape index (κ2) is 3.87. The third-order valence-electron chi connectivity index (χ3n) is 2.47. The van der Waals surface area contributed by atoms with Crippen molar-refractivity contribution < 1.29 is 5.11 Å². The van der Waals surface area contributed by atoms with E-state index >= 15 is 0 Å². The highest BCUT2D eigenvalue weighted by Crippen LogP contribution is 2.21. The molecule has 2 rings (SSSR count). The molecule has 0 bridgehead atoms. The van der Waals surface area contributed by atoms with Gasteiger partial charge in [-0.2, -0.15) is 0 Å². The standard InChI is InChI=1S/C12H14N2O/c1-9(15)11-5-3-4-6-12(11)14-8-7-13-10(14)2/h3-9,15H,1-2H3/t9-/m0/s1. The lowest BCUT2D eigenvalue weighted by Crippen LogP contribution is -2.02. The summed E-state index contributed by atoms with van der Waals surface area (Å²) in [4.78, 5) is 4.17. The largest absolute Gasteiger partial charge is 0.389 e. The summed E-state index contributed by atoms with van der Waals surface area (Å²) in [6.07, 6.45) is 3.19. The molecule has 3 heteroatoms. The maximum absolute atomic E-state index is 9.66. The zero-order chi connectivity index (χ0) is 10.8. The van der Waals surface area contributed by atoms with Gasteiger partial charge in [0.15, 0.2) is 0 Å². The molecule has 0 aliphatic heterocycles. The molecule has 0 unspecified atom stereocenters. The number of hydrogen-bond donors (Lipinski definition) is 1. The number of imidazole rings is 1. The van der Waals surface area contributed by atoms with Crippen LogP contribution in [-0.2, 0) is 0 Å². The number of nitrogens with zero attached hydrogens (tertiary/aromatic N) is 2. The predicted molar refractivity (Wildman–Crippen MR) is 58.9 cm³/mol. The van der Waals surface area contributed by atoms with Gasteiger partial charge < -0.3 is 9.67 Å². The Hall–Kier alpha value is -1.61. The van der Waals surface area contributed by atoms with Crippen LogP contribution in [0, 0.1) is 6.92 Å². The smallest absolute Gasteiger partial charge is 0.110 e. The topological polar surface area (TPSA) is 38.0 Å². The Labute approximate surface area is 89.0 Å². The fourth-order valence-corrected chi connectivity index (χ4v) is 1.69. The Morgan fingerprint density at radius 2 is 2.07 bits per heavy atom. The summed E-state index contributed by atoms with van der Waals surface area (Å²) >= 11 is 0. The van der Waals surface area contributed by atoms with Gasteiger partial charge in [-0.05, 0) is 19.9 Å². The zero-order valence-corrected chi connectivity index (χ0v) is 8.88. The summed E-state index contributed by atoms with van der Waals surface area (Å²) in [6.45, 7) is 3.71. The van der Waals surface area contributed by atoms with Crippen molar-refractivity contribution >= 4 is 0 Å². The lowest BCUT2D eigenvalue weighted by Gasteiger charge is -2.13. The Kier molecular flexibility index (Phi) is 2.56. The molecule has 0 spiro atoms. The maximum Gasteiger partial charge on any atom is 0.110 e. The van der Waals surface area contributed by atoms with Crippen LogP contribution in [0.25, 0.3) is 5.69 Å². The lowest BCUT2D eigenvalue weighted by molar-refractivity contribution is 0.199. The van der Waals surface area contributed by atoms with Gasteiger partial charge in [0.25, 0.3) is 0 Å².